The van der Waals surface area contributed by atoms with Gasteiger partial charge in [-0.2, -0.15) is 0 Å². The van der Waals surface area contributed by atoms with Gasteiger partial charge in [-0.25, -0.2) is 4.98 Å². The molecule has 1 saturated carbocycles. The standard InChI is InChI=1S/C15H24N2OS/c1-3-13-17-11(2)14(19-13)15(18)16-10-6-9-12-7-4-5-8-12/h12H,3-10H2,1-2H3,(H,16,18). The predicted octanol–water partition coefficient (Wildman–Crippen LogP) is 3.71. The third-order valence-electron chi connectivity index (χ3n) is 3.90. The van der Waals surface area contributed by atoms with E-state index in [1.54, 1.807) is 0 Å². The van der Waals surface area contributed by atoms with Crippen molar-refractivity contribution in [3.8, 4) is 0 Å². The van der Waals surface area contributed by atoms with Crippen LogP contribution in [0.1, 0.15) is 65.8 Å². The molecule has 0 aliphatic heterocycles. The lowest BCUT2D eigenvalue weighted by Crippen LogP contribution is -2.24. The van der Waals surface area contributed by atoms with Crippen molar-refractivity contribution in [2.24, 2.45) is 5.92 Å². The Balaban J connectivity index is 1.72. The minimum atomic E-state index is 0.0566. The highest BCUT2D eigenvalue weighted by Gasteiger charge is 2.16. The highest BCUT2D eigenvalue weighted by molar-refractivity contribution is 7.13. The van der Waals surface area contributed by atoms with Crippen LogP contribution in [0.15, 0.2) is 0 Å². The van der Waals surface area contributed by atoms with Gasteiger partial charge in [0, 0.05) is 6.54 Å². The Labute approximate surface area is 119 Å². The van der Waals surface area contributed by atoms with E-state index in [-0.39, 0.29) is 5.91 Å². The summed E-state index contributed by atoms with van der Waals surface area (Å²) in [6.45, 7) is 4.79. The van der Waals surface area contributed by atoms with Gasteiger partial charge in [0.2, 0.25) is 0 Å². The molecular weight excluding hydrogens is 256 g/mol. The van der Waals surface area contributed by atoms with Crippen LogP contribution in [0.25, 0.3) is 0 Å². The number of amides is 1. The van der Waals surface area contributed by atoms with E-state index >= 15 is 0 Å². The van der Waals surface area contributed by atoms with Crippen LogP contribution in [0.2, 0.25) is 0 Å². The molecule has 1 fully saturated rings. The van der Waals surface area contributed by atoms with Crippen LogP contribution in [0.5, 0.6) is 0 Å². The van der Waals surface area contributed by atoms with Gasteiger partial charge >= 0.3 is 0 Å². The molecule has 19 heavy (non-hydrogen) atoms. The van der Waals surface area contributed by atoms with E-state index in [4.69, 9.17) is 0 Å². The molecule has 0 saturated heterocycles. The maximum absolute atomic E-state index is 12.1. The van der Waals surface area contributed by atoms with Crippen LogP contribution in [-0.2, 0) is 6.42 Å². The minimum Gasteiger partial charge on any atom is -0.351 e. The molecule has 0 atom stereocenters. The van der Waals surface area contributed by atoms with Crippen molar-refractivity contribution in [3.05, 3.63) is 15.6 Å². The zero-order valence-electron chi connectivity index (χ0n) is 12.0. The molecule has 1 aliphatic carbocycles. The number of nitrogens with one attached hydrogen (secondary N) is 1. The molecule has 0 radical (unpaired) electrons. The summed E-state index contributed by atoms with van der Waals surface area (Å²) in [5.41, 5.74) is 0.871. The van der Waals surface area contributed by atoms with E-state index in [0.29, 0.717) is 0 Å². The first-order valence-corrected chi connectivity index (χ1v) is 8.27. The third kappa shape index (κ3) is 4.03. The van der Waals surface area contributed by atoms with Gasteiger partial charge in [0.25, 0.3) is 5.91 Å². The van der Waals surface area contributed by atoms with Crippen molar-refractivity contribution in [2.75, 3.05) is 6.54 Å². The Morgan fingerprint density at radius 3 is 2.79 bits per heavy atom. The highest BCUT2D eigenvalue weighted by Crippen LogP contribution is 2.28. The minimum absolute atomic E-state index is 0.0566. The Morgan fingerprint density at radius 1 is 1.42 bits per heavy atom. The highest BCUT2D eigenvalue weighted by atomic mass is 32.1. The summed E-state index contributed by atoms with van der Waals surface area (Å²) in [5, 5.41) is 4.08. The van der Waals surface area contributed by atoms with Crippen LogP contribution in [0.4, 0.5) is 0 Å². The van der Waals surface area contributed by atoms with Crippen LogP contribution < -0.4 is 5.32 Å². The fraction of sp³-hybridized carbons (Fsp3) is 0.733. The summed E-state index contributed by atoms with van der Waals surface area (Å²) in [4.78, 5) is 17.2. The molecule has 106 valence electrons. The SMILES string of the molecule is CCc1nc(C)c(C(=O)NCCCC2CCCC2)s1. The number of hydrogen-bond donors (Lipinski definition) is 1. The van der Waals surface area contributed by atoms with E-state index in [1.165, 1.54) is 43.4 Å². The second-order valence-electron chi connectivity index (χ2n) is 5.42. The molecule has 1 N–H and O–H groups in total. The summed E-state index contributed by atoms with van der Waals surface area (Å²) >= 11 is 1.53. The third-order valence-corrected chi connectivity index (χ3v) is 5.20. The lowest BCUT2D eigenvalue weighted by molar-refractivity contribution is 0.0955. The number of hydrogen-bond acceptors (Lipinski definition) is 3. The first-order chi connectivity index (χ1) is 9.20. The Kier molecular flexibility index (Phi) is 5.37. The second kappa shape index (κ2) is 7.04. The molecule has 0 bridgehead atoms. The average Bonchev–Trinajstić information content (AvgIpc) is 3.03. The normalized spacial score (nSPS) is 15.9. The molecule has 2 rings (SSSR count). The molecule has 3 nitrogen and oxygen atoms in total. The van der Waals surface area contributed by atoms with Crippen molar-refractivity contribution >= 4 is 17.2 Å². The summed E-state index contributed by atoms with van der Waals surface area (Å²) in [5.74, 6) is 0.967. The monoisotopic (exact) mass is 280 g/mol. The van der Waals surface area contributed by atoms with Crippen molar-refractivity contribution in [1.29, 1.82) is 0 Å². The van der Waals surface area contributed by atoms with Gasteiger partial charge in [-0.15, -0.1) is 11.3 Å². The summed E-state index contributed by atoms with van der Waals surface area (Å²) in [7, 11) is 0. The number of aromatic nitrogens is 1. The number of thiazole rings is 1. The zero-order valence-corrected chi connectivity index (χ0v) is 12.8. The topological polar surface area (TPSA) is 42.0 Å². The first-order valence-electron chi connectivity index (χ1n) is 7.45. The number of carbonyl (C=O) groups is 1. The van der Waals surface area contributed by atoms with Gasteiger partial charge in [0.1, 0.15) is 4.88 Å². The van der Waals surface area contributed by atoms with Gasteiger partial charge in [-0.1, -0.05) is 32.6 Å². The Morgan fingerprint density at radius 2 is 2.16 bits per heavy atom. The van der Waals surface area contributed by atoms with Gasteiger partial charge in [-0.05, 0) is 32.1 Å². The Bertz CT molecular complexity index is 422. The summed E-state index contributed by atoms with van der Waals surface area (Å²) in [6, 6.07) is 0. The number of carbonyl (C=O) groups excluding carboxylic acids is 1. The van der Waals surface area contributed by atoms with Crippen LogP contribution in [-0.4, -0.2) is 17.4 Å². The molecule has 0 unspecified atom stereocenters. The zero-order chi connectivity index (χ0) is 13.7. The largest absolute Gasteiger partial charge is 0.351 e. The first kappa shape index (κ1) is 14.5. The lowest BCUT2D eigenvalue weighted by atomic mass is 10.0. The number of aryl methyl sites for hydroxylation is 2. The van der Waals surface area contributed by atoms with Gasteiger partial charge in [0.05, 0.1) is 10.7 Å². The van der Waals surface area contributed by atoms with E-state index in [1.807, 2.05) is 6.92 Å². The second-order valence-corrected chi connectivity index (χ2v) is 6.51. The smallest absolute Gasteiger partial charge is 0.263 e. The summed E-state index contributed by atoms with van der Waals surface area (Å²) in [6.07, 6.45) is 8.86. The molecule has 0 spiro atoms. The molecule has 1 aromatic rings. The van der Waals surface area contributed by atoms with E-state index in [0.717, 1.165) is 40.9 Å². The van der Waals surface area contributed by atoms with Gasteiger partial charge < -0.3 is 5.32 Å². The van der Waals surface area contributed by atoms with Gasteiger partial charge in [-0.3, -0.25) is 4.79 Å². The van der Waals surface area contributed by atoms with E-state index < -0.39 is 0 Å². The fourth-order valence-electron chi connectivity index (χ4n) is 2.79. The molecule has 1 amide bonds. The van der Waals surface area contributed by atoms with E-state index in [9.17, 15) is 4.79 Å². The van der Waals surface area contributed by atoms with Crippen LogP contribution in [0.3, 0.4) is 0 Å². The van der Waals surface area contributed by atoms with Crippen molar-refractivity contribution < 1.29 is 4.79 Å². The molecular formula is C15H24N2OS. The maximum Gasteiger partial charge on any atom is 0.263 e. The number of rotatable bonds is 6. The van der Waals surface area contributed by atoms with E-state index in [2.05, 4.69) is 17.2 Å². The van der Waals surface area contributed by atoms with Gasteiger partial charge in [0.15, 0.2) is 0 Å². The van der Waals surface area contributed by atoms with Crippen molar-refractivity contribution in [1.82, 2.24) is 10.3 Å². The molecule has 0 aromatic carbocycles. The van der Waals surface area contributed by atoms with Crippen molar-refractivity contribution in [3.63, 3.8) is 0 Å². The predicted molar refractivity (Wildman–Crippen MR) is 79.8 cm³/mol. The fourth-order valence-corrected chi connectivity index (χ4v) is 3.71. The Hall–Kier alpha value is -0.900. The lowest BCUT2D eigenvalue weighted by Gasteiger charge is -2.08. The number of nitrogens with zero attached hydrogens (tertiary/aromatic N) is 1. The van der Waals surface area contributed by atoms with Crippen LogP contribution in [0, 0.1) is 12.8 Å². The quantitative estimate of drug-likeness (QED) is 0.807. The molecule has 1 heterocycles. The average molecular weight is 280 g/mol. The molecule has 4 heteroatoms. The molecule has 1 aromatic heterocycles. The summed E-state index contributed by atoms with van der Waals surface area (Å²) < 4.78 is 0. The molecule has 1 aliphatic rings. The maximum atomic E-state index is 12.1. The van der Waals surface area contributed by atoms with Crippen LogP contribution >= 0.6 is 11.3 Å². The van der Waals surface area contributed by atoms with Crippen molar-refractivity contribution in [2.45, 2.75) is 58.8 Å².